The average Bonchev–Trinajstić information content (AvgIpc) is 2.86. The second-order valence-corrected chi connectivity index (χ2v) is 6.56. The minimum absolute atomic E-state index is 0.0351. The molecule has 27 heavy (non-hydrogen) atoms. The molecule has 0 aliphatic carbocycles. The standard InChI is InChI=1S/C23H22N2O2/c1-2-27-23(26)15-17-14-22(25-21-13-6-5-12-20(21)24-17)19-11-7-9-16-8-3-4-10-18(16)19/h3-13,15,22,24-25H,2,14H2,1H3/b17-15-. The van der Waals surface area contributed by atoms with E-state index in [-0.39, 0.29) is 12.0 Å². The van der Waals surface area contributed by atoms with Gasteiger partial charge in [0.1, 0.15) is 0 Å². The summed E-state index contributed by atoms with van der Waals surface area (Å²) in [6.45, 7) is 2.18. The highest BCUT2D eigenvalue weighted by atomic mass is 16.5. The van der Waals surface area contributed by atoms with Crippen LogP contribution in [0.1, 0.15) is 24.9 Å². The van der Waals surface area contributed by atoms with E-state index in [0.717, 1.165) is 17.1 Å². The molecule has 0 amide bonds. The predicted molar refractivity (Wildman–Crippen MR) is 110 cm³/mol. The molecule has 4 nitrogen and oxygen atoms in total. The van der Waals surface area contributed by atoms with Gasteiger partial charge in [-0.05, 0) is 35.4 Å². The smallest absolute Gasteiger partial charge is 0.332 e. The Morgan fingerprint density at radius 1 is 1.04 bits per heavy atom. The molecular formula is C23H22N2O2. The zero-order valence-electron chi connectivity index (χ0n) is 15.2. The van der Waals surface area contributed by atoms with Crippen LogP contribution >= 0.6 is 0 Å². The number of benzene rings is 3. The summed E-state index contributed by atoms with van der Waals surface area (Å²) in [6.07, 6.45) is 2.22. The summed E-state index contributed by atoms with van der Waals surface area (Å²) < 4.78 is 5.11. The van der Waals surface area contributed by atoms with E-state index >= 15 is 0 Å². The zero-order valence-corrected chi connectivity index (χ0v) is 15.2. The van der Waals surface area contributed by atoms with Gasteiger partial charge in [-0.25, -0.2) is 4.79 Å². The Labute approximate surface area is 158 Å². The molecule has 0 spiro atoms. The number of rotatable bonds is 3. The molecule has 1 heterocycles. The first-order valence-electron chi connectivity index (χ1n) is 9.22. The first kappa shape index (κ1) is 17.2. The molecule has 1 atom stereocenters. The van der Waals surface area contributed by atoms with Crippen molar-refractivity contribution in [3.63, 3.8) is 0 Å². The van der Waals surface area contributed by atoms with E-state index in [1.807, 2.05) is 31.2 Å². The van der Waals surface area contributed by atoms with Crippen LogP contribution in [0.15, 0.2) is 78.5 Å². The van der Waals surface area contributed by atoms with Crippen molar-refractivity contribution in [1.29, 1.82) is 0 Å². The molecule has 1 unspecified atom stereocenters. The summed E-state index contributed by atoms with van der Waals surface area (Å²) in [5.41, 5.74) is 4.02. The van der Waals surface area contributed by atoms with Crippen LogP contribution in [-0.2, 0) is 9.53 Å². The van der Waals surface area contributed by atoms with Crippen molar-refractivity contribution in [3.8, 4) is 0 Å². The molecule has 0 bridgehead atoms. The fourth-order valence-electron chi connectivity index (χ4n) is 3.56. The van der Waals surface area contributed by atoms with Crippen LogP contribution in [-0.4, -0.2) is 12.6 Å². The van der Waals surface area contributed by atoms with Crippen LogP contribution in [0.25, 0.3) is 10.8 Å². The molecule has 3 aromatic carbocycles. The summed E-state index contributed by atoms with van der Waals surface area (Å²) in [5, 5.41) is 9.46. The van der Waals surface area contributed by atoms with Gasteiger partial charge in [-0.1, -0.05) is 54.6 Å². The third-order valence-corrected chi connectivity index (χ3v) is 4.75. The minimum atomic E-state index is -0.323. The second-order valence-electron chi connectivity index (χ2n) is 6.56. The first-order valence-corrected chi connectivity index (χ1v) is 9.22. The minimum Gasteiger partial charge on any atom is -0.463 e. The van der Waals surface area contributed by atoms with E-state index < -0.39 is 0 Å². The summed E-state index contributed by atoms with van der Waals surface area (Å²) in [7, 11) is 0. The van der Waals surface area contributed by atoms with Crippen LogP contribution in [0.5, 0.6) is 0 Å². The molecule has 0 saturated carbocycles. The van der Waals surface area contributed by atoms with Gasteiger partial charge in [0.25, 0.3) is 0 Å². The van der Waals surface area contributed by atoms with Gasteiger partial charge in [-0.2, -0.15) is 0 Å². The van der Waals surface area contributed by atoms with Gasteiger partial charge in [0.05, 0.1) is 24.0 Å². The normalized spacial score (nSPS) is 17.5. The van der Waals surface area contributed by atoms with E-state index in [1.165, 1.54) is 16.3 Å². The molecular weight excluding hydrogens is 336 g/mol. The maximum atomic E-state index is 12.0. The number of esters is 1. The number of hydrogen-bond acceptors (Lipinski definition) is 4. The van der Waals surface area contributed by atoms with E-state index in [4.69, 9.17) is 4.74 Å². The quantitative estimate of drug-likeness (QED) is 0.496. The average molecular weight is 358 g/mol. The monoisotopic (exact) mass is 358 g/mol. The fraction of sp³-hybridized carbons (Fsp3) is 0.174. The second kappa shape index (κ2) is 7.54. The summed E-state index contributed by atoms with van der Waals surface area (Å²) >= 11 is 0. The molecule has 0 aromatic heterocycles. The van der Waals surface area contributed by atoms with Crippen LogP contribution in [0.3, 0.4) is 0 Å². The maximum Gasteiger partial charge on any atom is 0.332 e. The molecule has 1 aliphatic rings. The Morgan fingerprint density at radius 3 is 2.63 bits per heavy atom. The van der Waals surface area contributed by atoms with Gasteiger partial charge in [0.15, 0.2) is 0 Å². The van der Waals surface area contributed by atoms with Gasteiger partial charge in [-0.3, -0.25) is 0 Å². The molecule has 136 valence electrons. The van der Waals surface area contributed by atoms with Crippen molar-refractivity contribution in [2.24, 2.45) is 0 Å². The van der Waals surface area contributed by atoms with Gasteiger partial charge in [0, 0.05) is 18.2 Å². The number of carbonyl (C=O) groups excluding carboxylic acids is 1. The molecule has 1 aliphatic heterocycles. The Hall–Kier alpha value is -3.27. The number of fused-ring (bicyclic) bond motifs is 2. The first-order chi connectivity index (χ1) is 13.2. The summed E-state index contributed by atoms with van der Waals surface area (Å²) in [6, 6.07) is 22.8. The SMILES string of the molecule is CCOC(=O)/C=C1/CC(c2cccc3ccccc23)Nc2ccccc2N1. The van der Waals surface area contributed by atoms with E-state index in [9.17, 15) is 4.79 Å². The lowest BCUT2D eigenvalue weighted by Gasteiger charge is -2.20. The van der Waals surface area contributed by atoms with Crippen molar-refractivity contribution < 1.29 is 9.53 Å². The lowest BCUT2D eigenvalue weighted by molar-refractivity contribution is -0.137. The van der Waals surface area contributed by atoms with Crippen molar-refractivity contribution in [1.82, 2.24) is 0 Å². The van der Waals surface area contributed by atoms with Gasteiger partial charge in [-0.15, -0.1) is 0 Å². The molecule has 0 fully saturated rings. The lowest BCUT2D eigenvalue weighted by atomic mass is 9.95. The topological polar surface area (TPSA) is 50.4 Å². The molecule has 0 saturated heterocycles. The zero-order chi connectivity index (χ0) is 18.6. The van der Waals surface area contributed by atoms with Crippen molar-refractivity contribution in [2.45, 2.75) is 19.4 Å². The third-order valence-electron chi connectivity index (χ3n) is 4.75. The van der Waals surface area contributed by atoms with Crippen LogP contribution < -0.4 is 10.6 Å². The maximum absolute atomic E-state index is 12.0. The van der Waals surface area contributed by atoms with E-state index in [0.29, 0.717) is 13.0 Å². The summed E-state index contributed by atoms with van der Waals surface area (Å²) in [4.78, 5) is 12.0. The number of hydrogen-bond donors (Lipinski definition) is 2. The summed E-state index contributed by atoms with van der Waals surface area (Å²) in [5.74, 6) is -0.323. The van der Waals surface area contributed by atoms with Crippen LogP contribution in [0.4, 0.5) is 11.4 Å². The Kier molecular flexibility index (Phi) is 4.79. The Balaban J connectivity index is 1.78. The predicted octanol–water partition coefficient (Wildman–Crippen LogP) is 5.26. The fourth-order valence-corrected chi connectivity index (χ4v) is 3.56. The number of carbonyl (C=O) groups is 1. The van der Waals surface area contributed by atoms with Crippen molar-refractivity contribution in [2.75, 3.05) is 17.2 Å². The number of ether oxygens (including phenoxy) is 1. The highest BCUT2D eigenvalue weighted by molar-refractivity contribution is 5.88. The Morgan fingerprint density at radius 2 is 1.78 bits per heavy atom. The number of para-hydroxylation sites is 2. The van der Waals surface area contributed by atoms with Crippen LogP contribution in [0, 0.1) is 0 Å². The number of nitrogens with one attached hydrogen (secondary N) is 2. The molecule has 0 radical (unpaired) electrons. The van der Waals surface area contributed by atoms with Crippen molar-refractivity contribution in [3.05, 3.63) is 84.1 Å². The molecule has 2 N–H and O–H groups in total. The third kappa shape index (κ3) is 3.65. The largest absolute Gasteiger partial charge is 0.463 e. The highest BCUT2D eigenvalue weighted by Crippen LogP contribution is 2.37. The van der Waals surface area contributed by atoms with E-state index in [1.54, 1.807) is 6.08 Å². The molecule has 4 heteroatoms. The highest BCUT2D eigenvalue weighted by Gasteiger charge is 2.22. The van der Waals surface area contributed by atoms with E-state index in [2.05, 4.69) is 53.1 Å². The van der Waals surface area contributed by atoms with Gasteiger partial charge < -0.3 is 15.4 Å². The van der Waals surface area contributed by atoms with Crippen LogP contribution in [0.2, 0.25) is 0 Å². The van der Waals surface area contributed by atoms with Crippen molar-refractivity contribution >= 4 is 28.1 Å². The number of anilines is 2. The molecule has 3 aromatic rings. The lowest BCUT2D eigenvalue weighted by Crippen LogP contribution is -2.12. The Bertz CT molecular complexity index is 1000. The van der Waals surface area contributed by atoms with Gasteiger partial charge >= 0.3 is 5.97 Å². The molecule has 4 rings (SSSR count). The van der Waals surface area contributed by atoms with Gasteiger partial charge in [0.2, 0.25) is 0 Å².